The van der Waals surface area contributed by atoms with E-state index in [1.807, 2.05) is 37.3 Å². The number of allylic oxidation sites excluding steroid dienone is 2. The molecule has 0 saturated heterocycles. The predicted octanol–water partition coefficient (Wildman–Crippen LogP) is 5.36. The molecule has 0 spiro atoms. The van der Waals surface area contributed by atoms with Crippen molar-refractivity contribution in [3.05, 3.63) is 95.7 Å². The molecule has 4 nitrogen and oxygen atoms in total. The lowest BCUT2D eigenvalue weighted by atomic mass is 10.0. The molecular weight excluding hydrogens is 394 g/mol. The number of nitrogens with one attached hydrogen (secondary N) is 3. The average molecular weight is 422 g/mol. The molecule has 0 bridgehead atoms. The van der Waals surface area contributed by atoms with E-state index in [9.17, 15) is 4.79 Å². The number of carbonyl (C=O) groups is 1. The van der Waals surface area contributed by atoms with E-state index in [-0.39, 0.29) is 5.91 Å². The van der Waals surface area contributed by atoms with Crippen molar-refractivity contribution in [1.82, 2.24) is 9.97 Å². The Balaban J connectivity index is 1.87. The molecular formula is C28H27N3O. The Bertz CT molecular complexity index is 1430. The van der Waals surface area contributed by atoms with Gasteiger partial charge in [-0.05, 0) is 68.3 Å². The van der Waals surface area contributed by atoms with Crippen LogP contribution in [0.2, 0.25) is 0 Å². The van der Waals surface area contributed by atoms with E-state index in [2.05, 4.69) is 78.3 Å². The minimum atomic E-state index is -0.224. The number of H-pyrrole nitrogens is 2. The molecule has 1 amide bonds. The number of aromatic amines is 2. The van der Waals surface area contributed by atoms with Crippen LogP contribution in [0.5, 0.6) is 0 Å². The number of rotatable bonds is 5. The maximum Gasteiger partial charge on any atom is 0.247 e. The van der Waals surface area contributed by atoms with Crippen LogP contribution in [0.3, 0.4) is 0 Å². The molecule has 0 radical (unpaired) electrons. The van der Waals surface area contributed by atoms with E-state index in [0.29, 0.717) is 0 Å². The van der Waals surface area contributed by atoms with Gasteiger partial charge in [-0.3, -0.25) is 4.79 Å². The highest BCUT2D eigenvalue weighted by Crippen LogP contribution is 2.23. The molecule has 0 aliphatic heterocycles. The van der Waals surface area contributed by atoms with Crippen molar-refractivity contribution < 1.29 is 4.79 Å². The summed E-state index contributed by atoms with van der Waals surface area (Å²) in [6, 6.07) is 18.3. The van der Waals surface area contributed by atoms with Crippen molar-refractivity contribution in [2.24, 2.45) is 0 Å². The molecule has 0 atom stereocenters. The highest BCUT2D eigenvalue weighted by Gasteiger charge is 2.09. The minimum Gasteiger partial charge on any atom is -0.361 e. The Hall–Kier alpha value is -4.05. The number of carbonyl (C=O) groups excluding carboxylic acids is 1. The van der Waals surface area contributed by atoms with Crippen molar-refractivity contribution >= 4 is 39.7 Å². The SMILES string of the molecule is C=CC(=O)Nc1cccc(C(/C=c2/c(-c3cc4ccccc4[nH]3)c[nH]c2=C(C)C)=C/C)c1. The first-order valence-electron chi connectivity index (χ1n) is 10.6. The van der Waals surface area contributed by atoms with Gasteiger partial charge in [0.25, 0.3) is 0 Å². The number of para-hydroxylation sites is 1. The zero-order valence-corrected chi connectivity index (χ0v) is 18.6. The molecule has 2 aromatic heterocycles. The fourth-order valence-electron chi connectivity index (χ4n) is 3.90. The van der Waals surface area contributed by atoms with E-state index in [0.717, 1.165) is 44.2 Å². The third-order valence-electron chi connectivity index (χ3n) is 5.50. The summed E-state index contributed by atoms with van der Waals surface area (Å²) in [5.41, 5.74) is 7.35. The van der Waals surface area contributed by atoms with Crippen LogP contribution in [-0.2, 0) is 4.79 Å². The summed E-state index contributed by atoms with van der Waals surface area (Å²) in [6.45, 7) is 9.77. The number of hydrogen-bond acceptors (Lipinski definition) is 1. The molecule has 32 heavy (non-hydrogen) atoms. The topological polar surface area (TPSA) is 60.7 Å². The Morgan fingerprint density at radius 2 is 1.88 bits per heavy atom. The lowest BCUT2D eigenvalue weighted by Crippen LogP contribution is -2.25. The molecule has 160 valence electrons. The van der Waals surface area contributed by atoms with E-state index >= 15 is 0 Å². The van der Waals surface area contributed by atoms with Crippen molar-refractivity contribution in [3.63, 3.8) is 0 Å². The highest BCUT2D eigenvalue weighted by molar-refractivity contribution is 5.99. The van der Waals surface area contributed by atoms with Crippen LogP contribution in [0.1, 0.15) is 26.3 Å². The van der Waals surface area contributed by atoms with Gasteiger partial charge in [-0.15, -0.1) is 0 Å². The predicted molar refractivity (Wildman–Crippen MR) is 135 cm³/mol. The first-order chi connectivity index (χ1) is 15.5. The third kappa shape index (κ3) is 4.21. The summed E-state index contributed by atoms with van der Waals surface area (Å²) in [4.78, 5) is 18.7. The quantitative estimate of drug-likeness (QED) is 0.373. The minimum absolute atomic E-state index is 0.224. The van der Waals surface area contributed by atoms with Gasteiger partial charge >= 0.3 is 0 Å². The largest absolute Gasteiger partial charge is 0.361 e. The molecule has 4 heteroatoms. The van der Waals surface area contributed by atoms with Gasteiger partial charge < -0.3 is 15.3 Å². The number of hydrogen-bond donors (Lipinski definition) is 3. The van der Waals surface area contributed by atoms with Gasteiger partial charge in [-0.2, -0.15) is 0 Å². The van der Waals surface area contributed by atoms with Gasteiger partial charge in [0.1, 0.15) is 0 Å². The molecule has 3 N–H and O–H groups in total. The second-order valence-electron chi connectivity index (χ2n) is 7.92. The lowest BCUT2D eigenvalue weighted by molar-refractivity contribution is -0.111. The van der Waals surface area contributed by atoms with Gasteiger partial charge in [0.2, 0.25) is 5.91 Å². The molecule has 0 unspecified atom stereocenters. The van der Waals surface area contributed by atoms with E-state index in [1.165, 1.54) is 17.0 Å². The van der Waals surface area contributed by atoms with Gasteiger partial charge in [0.05, 0.1) is 0 Å². The van der Waals surface area contributed by atoms with Crippen LogP contribution in [0.4, 0.5) is 5.69 Å². The van der Waals surface area contributed by atoms with Crippen LogP contribution >= 0.6 is 0 Å². The average Bonchev–Trinajstić information content (AvgIpc) is 3.41. The fourth-order valence-corrected chi connectivity index (χ4v) is 3.90. The van der Waals surface area contributed by atoms with Crippen LogP contribution in [0.15, 0.2) is 79.5 Å². The smallest absolute Gasteiger partial charge is 0.247 e. The van der Waals surface area contributed by atoms with Crippen molar-refractivity contribution in [1.29, 1.82) is 0 Å². The van der Waals surface area contributed by atoms with Gasteiger partial charge in [0, 0.05) is 44.6 Å². The summed E-state index contributed by atoms with van der Waals surface area (Å²) in [7, 11) is 0. The zero-order chi connectivity index (χ0) is 22.7. The zero-order valence-electron chi connectivity index (χ0n) is 18.6. The molecule has 0 aliphatic rings. The van der Waals surface area contributed by atoms with Crippen LogP contribution in [-0.4, -0.2) is 15.9 Å². The summed E-state index contributed by atoms with van der Waals surface area (Å²) in [6.07, 6.45) is 7.63. The molecule has 0 fully saturated rings. The standard InChI is InChI=1S/C28H27N3O/c1-5-19(20-11-9-12-22(14-20)30-27(32)6-2)15-23-24(17-29-28(23)18(3)4)26-16-21-10-7-8-13-25(21)31-26/h5-17,29,31H,2H2,1,3-4H3,(H,30,32)/b19-5+,23-15-. The number of aromatic nitrogens is 2. The van der Waals surface area contributed by atoms with Crippen LogP contribution in [0.25, 0.3) is 39.4 Å². The second kappa shape index (κ2) is 8.98. The van der Waals surface area contributed by atoms with Crippen LogP contribution < -0.4 is 15.9 Å². The summed E-state index contributed by atoms with van der Waals surface area (Å²) in [5.74, 6) is -0.224. The third-order valence-corrected chi connectivity index (χ3v) is 5.50. The summed E-state index contributed by atoms with van der Waals surface area (Å²) < 4.78 is 0. The fraction of sp³-hybridized carbons (Fsp3) is 0.107. The van der Waals surface area contributed by atoms with Gasteiger partial charge in [-0.1, -0.05) is 48.6 Å². The Kier molecular flexibility index (Phi) is 5.95. The monoisotopic (exact) mass is 421 g/mol. The number of benzene rings is 2. The van der Waals surface area contributed by atoms with Crippen molar-refractivity contribution in [3.8, 4) is 11.3 Å². The number of amides is 1. The molecule has 2 aromatic carbocycles. The lowest BCUT2D eigenvalue weighted by Gasteiger charge is -2.07. The van der Waals surface area contributed by atoms with E-state index in [1.54, 1.807) is 0 Å². The highest BCUT2D eigenvalue weighted by atomic mass is 16.1. The number of anilines is 1. The van der Waals surface area contributed by atoms with E-state index < -0.39 is 0 Å². The van der Waals surface area contributed by atoms with Crippen LogP contribution in [0, 0.1) is 0 Å². The molecule has 0 aliphatic carbocycles. The summed E-state index contributed by atoms with van der Waals surface area (Å²) >= 11 is 0. The van der Waals surface area contributed by atoms with Gasteiger partial charge in [0.15, 0.2) is 0 Å². The van der Waals surface area contributed by atoms with Crippen molar-refractivity contribution in [2.75, 3.05) is 5.32 Å². The first-order valence-corrected chi connectivity index (χ1v) is 10.6. The molecule has 2 heterocycles. The summed E-state index contributed by atoms with van der Waals surface area (Å²) in [5, 5.41) is 6.26. The second-order valence-corrected chi connectivity index (χ2v) is 7.92. The van der Waals surface area contributed by atoms with Crippen molar-refractivity contribution in [2.45, 2.75) is 20.8 Å². The molecule has 4 aromatic rings. The normalized spacial score (nSPS) is 12.2. The Morgan fingerprint density at radius 3 is 2.59 bits per heavy atom. The van der Waals surface area contributed by atoms with E-state index in [4.69, 9.17) is 0 Å². The molecule has 0 saturated carbocycles. The maximum atomic E-state index is 11.7. The Labute approximate surface area is 187 Å². The maximum absolute atomic E-state index is 11.7. The number of fused-ring (bicyclic) bond motifs is 1. The van der Waals surface area contributed by atoms with Gasteiger partial charge in [-0.25, -0.2) is 0 Å². The molecule has 4 rings (SSSR count). The first kappa shape index (κ1) is 21.2. The Morgan fingerprint density at radius 1 is 1.06 bits per heavy atom.